The highest BCUT2D eigenvalue weighted by Gasteiger charge is 1.98. The van der Waals surface area contributed by atoms with Crippen LogP contribution in [0, 0.1) is 24.2 Å². The Morgan fingerprint density at radius 1 is 1.38 bits per heavy atom. The molecule has 0 N–H and O–H groups in total. The lowest BCUT2D eigenvalue weighted by molar-refractivity contribution is 0.514. The smallest absolute Gasteiger partial charge is 0.0174 e. The molecule has 0 amide bonds. The minimum absolute atomic E-state index is 0.454. The monoisotopic (exact) mass is 110 g/mol. The third kappa shape index (κ3) is 3.74. The van der Waals surface area contributed by atoms with Gasteiger partial charge in [0.2, 0.25) is 0 Å². The lowest BCUT2D eigenvalue weighted by atomic mass is 10.0. The molecule has 0 aromatic heterocycles. The van der Waals surface area contributed by atoms with E-state index in [-0.39, 0.29) is 0 Å². The highest BCUT2D eigenvalue weighted by molar-refractivity contribution is 4.90. The zero-order chi connectivity index (χ0) is 6.57. The Morgan fingerprint density at radius 3 is 2.00 bits per heavy atom. The summed E-state index contributed by atoms with van der Waals surface area (Å²) in [6.07, 6.45) is 6.32. The van der Waals surface area contributed by atoms with Crippen LogP contribution in [0.3, 0.4) is 0 Å². The Bertz CT molecular complexity index is 84.7. The molecule has 0 saturated heterocycles. The molecule has 1 unspecified atom stereocenters. The van der Waals surface area contributed by atoms with Crippen LogP contribution in [0.2, 0.25) is 0 Å². The molecule has 0 heterocycles. The quantitative estimate of drug-likeness (QED) is 0.478. The van der Waals surface area contributed by atoms with Crippen molar-refractivity contribution in [3.63, 3.8) is 0 Å². The van der Waals surface area contributed by atoms with Gasteiger partial charge in [0.25, 0.3) is 0 Å². The van der Waals surface area contributed by atoms with Gasteiger partial charge in [0, 0.05) is 5.92 Å². The fraction of sp³-hybridized carbons (Fsp3) is 0.750. The second-order valence-corrected chi connectivity index (χ2v) is 2.70. The molecule has 0 fully saturated rings. The second-order valence-electron chi connectivity index (χ2n) is 2.70. The molecule has 0 spiro atoms. The maximum Gasteiger partial charge on any atom is 0.0174 e. The van der Waals surface area contributed by atoms with Crippen LogP contribution in [0.1, 0.15) is 27.2 Å². The summed E-state index contributed by atoms with van der Waals surface area (Å²) in [5, 5.41) is 0. The predicted molar refractivity (Wildman–Crippen MR) is 37.5 cm³/mol. The molecule has 0 aliphatic rings. The van der Waals surface area contributed by atoms with Crippen molar-refractivity contribution in [3.8, 4) is 12.3 Å². The molecule has 0 aromatic carbocycles. The molecule has 0 heteroatoms. The molecule has 0 saturated carbocycles. The topological polar surface area (TPSA) is 0 Å². The van der Waals surface area contributed by atoms with Gasteiger partial charge in [-0.2, -0.15) is 0 Å². The molecule has 1 atom stereocenters. The Balaban J connectivity index is 3.28. The number of terminal acetylenes is 1. The number of rotatable bonds is 2. The third-order valence-electron chi connectivity index (χ3n) is 1.11. The SMILES string of the molecule is C#CC(C)CC(C)C. The minimum Gasteiger partial charge on any atom is -0.120 e. The summed E-state index contributed by atoms with van der Waals surface area (Å²) in [4.78, 5) is 0. The Kier molecular flexibility index (Phi) is 3.35. The largest absolute Gasteiger partial charge is 0.120 e. The average Bonchev–Trinajstić information content (AvgIpc) is 1.65. The maximum absolute atomic E-state index is 5.17. The van der Waals surface area contributed by atoms with Gasteiger partial charge in [-0.15, -0.1) is 12.3 Å². The average molecular weight is 110 g/mol. The van der Waals surface area contributed by atoms with E-state index in [4.69, 9.17) is 6.42 Å². The number of hydrogen-bond donors (Lipinski definition) is 0. The van der Waals surface area contributed by atoms with E-state index >= 15 is 0 Å². The van der Waals surface area contributed by atoms with Gasteiger partial charge in [-0.05, 0) is 12.3 Å². The molecule has 8 heavy (non-hydrogen) atoms. The Hall–Kier alpha value is -0.440. The molecule has 0 rings (SSSR count). The normalized spacial score (nSPS) is 13.4. The van der Waals surface area contributed by atoms with Gasteiger partial charge < -0.3 is 0 Å². The predicted octanol–water partition coefficient (Wildman–Crippen LogP) is 2.30. The van der Waals surface area contributed by atoms with Crippen molar-refractivity contribution in [1.29, 1.82) is 0 Å². The fourth-order valence-corrected chi connectivity index (χ4v) is 0.775. The van der Waals surface area contributed by atoms with Gasteiger partial charge in [0.05, 0.1) is 0 Å². The summed E-state index contributed by atoms with van der Waals surface area (Å²) in [6, 6.07) is 0. The minimum atomic E-state index is 0.454. The lowest BCUT2D eigenvalue weighted by Crippen LogP contribution is -1.95. The first kappa shape index (κ1) is 7.56. The van der Waals surface area contributed by atoms with Gasteiger partial charge in [0.1, 0.15) is 0 Å². The van der Waals surface area contributed by atoms with E-state index in [0.717, 1.165) is 12.3 Å². The highest BCUT2D eigenvalue weighted by atomic mass is 14.0. The van der Waals surface area contributed by atoms with Crippen LogP contribution in [0.4, 0.5) is 0 Å². The van der Waals surface area contributed by atoms with Crippen molar-refractivity contribution in [2.24, 2.45) is 11.8 Å². The standard InChI is InChI=1S/C8H14/c1-5-8(4)6-7(2)3/h1,7-8H,6H2,2-4H3. The summed E-state index contributed by atoms with van der Waals surface area (Å²) in [7, 11) is 0. The highest BCUT2D eigenvalue weighted by Crippen LogP contribution is 2.08. The van der Waals surface area contributed by atoms with E-state index in [0.29, 0.717) is 5.92 Å². The van der Waals surface area contributed by atoms with Crippen molar-refractivity contribution in [2.45, 2.75) is 27.2 Å². The van der Waals surface area contributed by atoms with E-state index in [1.165, 1.54) is 0 Å². The van der Waals surface area contributed by atoms with E-state index in [1.807, 2.05) is 0 Å². The van der Waals surface area contributed by atoms with Gasteiger partial charge in [-0.25, -0.2) is 0 Å². The van der Waals surface area contributed by atoms with Crippen molar-refractivity contribution in [2.75, 3.05) is 0 Å². The molecule has 46 valence electrons. The second kappa shape index (κ2) is 3.55. The summed E-state index contributed by atoms with van der Waals surface area (Å²) in [6.45, 7) is 6.46. The lowest BCUT2D eigenvalue weighted by Gasteiger charge is -2.05. The molecular formula is C8H14. The fourth-order valence-electron chi connectivity index (χ4n) is 0.775. The molecule has 0 aliphatic carbocycles. The van der Waals surface area contributed by atoms with Crippen molar-refractivity contribution < 1.29 is 0 Å². The zero-order valence-electron chi connectivity index (χ0n) is 5.94. The first-order valence-corrected chi connectivity index (χ1v) is 3.13. The molecule has 0 aliphatic heterocycles. The molecule has 0 bridgehead atoms. The van der Waals surface area contributed by atoms with Gasteiger partial charge >= 0.3 is 0 Å². The molecular weight excluding hydrogens is 96.1 g/mol. The molecule has 0 nitrogen and oxygen atoms in total. The summed E-state index contributed by atoms with van der Waals surface area (Å²) in [5.41, 5.74) is 0. The van der Waals surface area contributed by atoms with Crippen LogP contribution in [0.15, 0.2) is 0 Å². The Labute approximate surface area is 52.3 Å². The first-order valence-electron chi connectivity index (χ1n) is 3.13. The maximum atomic E-state index is 5.17. The van der Waals surface area contributed by atoms with Crippen molar-refractivity contribution >= 4 is 0 Å². The van der Waals surface area contributed by atoms with Gasteiger partial charge in [0.15, 0.2) is 0 Å². The van der Waals surface area contributed by atoms with Crippen LogP contribution < -0.4 is 0 Å². The van der Waals surface area contributed by atoms with E-state index < -0.39 is 0 Å². The van der Waals surface area contributed by atoms with E-state index in [2.05, 4.69) is 26.7 Å². The van der Waals surface area contributed by atoms with E-state index in [9.17, 15) is 0 Å². The van der Waals surface area contributed by atoms with Crippen LogP contribution in [0.5, 0.6) is 0 Å². The van der Waals surface area contributed by atoms with Crippen molar-refractivity contribution in [3.05, 3.63) is 0 Å². The summed E-state index contributed by atoms with van der Waals surface area (Å²) < 4.78 is 0. The summed E-state index contributed by atoms with van der Waals surface area (Å²) in [5.74, 6) is 3.89. The summed E-state index contributed by atoms with van der Waals surface area (Å²) >= 11 is 0. The number of hydrogen-bond acceptors (Lipinski definition) is 0. The van der Waals surface area contributed by atoms with E-state index in [1.54, 1.807) is 0 Å². The van der Waals surface area contributed by atoms with Crippen LogP contribution >= 0.6 is 0 Å². The van der Waals surface area contributed by atoms with Crippen molar-refractivity contribution in [1.82, 2.24) is 0 Å². The van der Waals surface area contributed by atoms with Gasteiger partial charge in [-0.1, -0.05) is 20.8 Å². The van der Waals surface area contributed by atoms with Crippen LogP contribution in [-0.4, -0.2) is 0 Å². The van der Waals surface area contributed by atoms with Gasteiger partial charge in [-0.3, -0.25) is 0 Å². The zero-order valence-corrected chi connectivity index (χ0v) is 5.94. The Morgan fingerprint density at radius 2 is 1.88 bits per heavy atom. The molecule has 0 radical (unpaired) electrons. The van der Waals surface area contributed by atoms with Crippen LogP contribution in [0.25, 0.3) is 0 Å². The molecule has 0 aromatic rings. The first-order chi connectivity index (χ1) is 3.66. The third-order valence-corrected chi connectivity index (χ3v) is 1.11. The van der Waals surface area contributed by atoms with Crippen LogP contribution in [-0.2, 0) is 0 Å².